The van der Waals surface area contributed by atoms with Gasteiger partial charge in [-0.3, -0.25) is 4.99 Å². The molecule has 0 bridgehead atoms. The Morgan fingerprint density at radius 2 is 1.71 bits per heavy atom. The van der Waals surface area contributed by atoms with Gasteiger partial charge in [-0.15, -0.1) is 0 Å². The van der Waals surface area contributed by atoms with Crippen molar-refractivity contribution in [3.63, 3.8) is 0 Å². The SMILES string of the molecule is CCN1CCCC(/N=C(/c2ccc(Oc3ccccc3)cc2)c2c(N)ncnc2N)C1. The zero-order valence-corrected chi connectivity index (χ0v) is 17.7. The monoisotopic (exact) mass is 416 g/mol. The van der Waals surface area contributed by atoms with Gasteiger partial charge in [0.15, 0.2) is 0 Å². The number of rotatable bonds is 6. The first-order valence-electron chi connectivity index (χ1n) is 10.6. The van der Waals surface area contributed by atoms with Crippen LogP contribution in [0.4, 0.5) is 11.6 Å². The van der Waals surface area contributed by atoms with Gasteiger partial charge in [0.1, 0.15) is 29.5 Å². The Balaban J connectivity index is 1.68. The molecule has 1 aliphatic rings. The number of hydrogen-bond donors (Lipinski definition) is 2. The van der Waals surface area contributed by atoms with Gasteiger partial charge < -0.3 is 21.1 Å². The summed E-state index contributed by atoms with van der Waals surface area (Å²) in [6.07, 6.45) is 3.53. The fourth-order valence-corrected chi connectivity index (χ4v) is 3.85. The summed E-state index contributed by atoms with van der Waals surface area (Å²) in [5.41, 5.74) is 14.6. The van der Waals surface area contributed by atoms with Gasteiger partial charge >= 0.3 is 0 Å². The average Bonchev–Trinajstić information content (AvgIpc) is 2.80. The lowest BCUT2D eigenvalue weighted by Gasteiger charge is -2.30. The largest absolute Gasteiger partial charge is 0.457 e. The minimum atomic E-state index is 0.169. The fourth-order valence-electron chi connectivity index (χ4n) is 3.85. The van der Waals surface area contributed by atoms with Crippen LogP contribution in [0.1, 0.15) is 30.9 Å². The van der Waals surface area contributed by atoms with Gasteiger partial charge in [0.2, 0.25) is 0 Å². The number of nitrogen functional groups attached to an aromatic ring is 2. The van der Waals surface area contributed by atoms with E-state index in [9.17, 15) is 0 Å². The van der Waals surface area contributed by atoms with Crippen LogP contribution in [0.2, 0.25) is 0 Å². The zero-order valence-electron chi connectivity index (χ0n) is 17.7. The van der Waals surface area contributed by atoms with Gasteiger partial charge in [0.25, 0.3) is 0 Å². The summed E-state index contributed by atoms with van der Waals surface area (Å²) in [6.45, 7) is 5.23. The third kappa shape index (κ3) is 5.00. The number of hydrogen-bond acceptors (Lipinski definition) is 7. The molecule has 0 aliphatic carbocycles. The second kappa shape index (κ2) is 9.57. The molecule has 0 radical (unpaired) electrons. The molecule has 4 rings (SSSR count). The van der Waals surface area contributed by atoms with Gasteiger partial charge in [-0.05, 0) is 62.3 Å². The fraction of sp³-hybridized carbons (Fsp3) is 0.292. The zero-order chi connectivity index (χ0) is 21.6. The van der Waals surface area contributed by atoms with Crippen LogP contribution in [-0.4, -0.2) is 46.3 Å². The van der Waals surface area contributed by atoms with E-state index in [1.807, 2.05) is 54.6 Å². The van der Waals surface area contributed by atoms with Gasteiger partial charge in [0, 0.05) is 12.1 Å². The molecular formula is C24H28N6O. The summed E-state index contributed by atoms with van der Waals surface area (Å²) in [4.78, 5) is 15.8. The topological polar surface area (TPSA) is 103 Å². The molecule has 4 N–H and O–H groups in total. The number of anilines is 2. The van der Waals surface area contributed by atoms with Crippen molar-refractivity contribution in [3.8, 4) is 11.5 Å². The number of para-hydroxylation sites is 1. The Bertz CT molecular complexity index is 1020. The summed E-state index contributed by atoms with van der Waals surface area (Å²) < 4.78 is 5.92. The smallest absolute Gasteiger partial charge is 0.138 e. The molecule has 1 unspecified atom stereocenters. The molecule has 0 spiro atoms. The van der Waals surface area contributed by atoms with Crippen molar-refractivity contribution in [3.05, 3.63) is 72.1 Å². The lowest BCUT2D eigenvalue weighted by molar-refractivity contribution is 0.220. The maximum absolute atomic E-state index is 6.20. The average molecular weight is 417 g/mol. The molecule has 0 saturated carbocycles. The Labute approximate surface area is 182 Å². The summed E-state index contributed by atoms with van der Waals surface area (Å²) >= 11 is 0. The number of benzene rings is 2. The molecule has 2 aromatic carbocycles. The highest BCUT2D eigenvalue weighted by Gasteiger charge is 2.22. The van der Waals surface area contributed by atoms with Crippen molar-refractivity contribution in [2.45, 2.75) is 25.8 Å². The molecule has 2 heterocycles. The third-order valence-corrected chi connectivity index (χ3v) is 5.49. The van der Waals surface area contributed by atoms with Crippen molar-refractivity contribution in [2.75, 3.05) is 31.1 Å². The Kier molecular flexibility index (Phi) is 6.43. The first kappa shape index (κ1) is 20.8. The quantitative estimate of drug-likeness (QED) is 0.593. The molecule has 0 amide bonds. The molecule has 31 heavy (non-hydrogen) atoms. The number of likely N-dealkylation sites (tertiary alicyclic amines) is 1. The van der Waals surface area contributed by atoms with E-state index in [4.69, 9.17) is 21.2 Å². The Morgan fingerprint density at radius 3 is 2.39 bits per heavy atom. The van der Waals surface area contributed by atoms with Gasteiger partial charge in [0.05, 0.1) is 17.3 Å². The van der Waals surface area contributed by atoms with E-state index in [0.29, 0.717) is 17.2 Å². The van der Waals surface area contributed by atoms with Crippen LogP contribution in [0.3, 0.4) is 0 Å². The summed E-state index contributed by atoms with van der Waals surface area (Å²) in [6, 6.07) is 17.7. The van der Waals surface area contributed by atoms with E-state index in [1.54, 1.807) is 0 Å². The van der Waals surface area contributed by atoms with Crippen molar-refractivity contribution in [1.82, 2.24) is 14.9 Å². The molecule has 1 atom stereocenters. The lowest BCUT2D eigenvalue weighted by Crippen LogP contribution is -2.37. The van der Waals surface area contributed by atoms with Gasteiger partial charge in [-0.2, -0.15) is 0 Å². The van der Waals surface area contributed by atoms with E-state index in [2.05, 4.69) is 21.8 Å². The van der Waals surface area contributed by atoms with Crippen LogP contribution in [-0.2, 0) is 0 Å². The molecule has 1 aliphatic heterocycles. The summed E-state index contributed by atoms with van der Waals surface area (Å²) in [7, 11) is 0. The van der Waals surface area contributed by atoms with E-state index in [0.717, 1.165) is 55.3 Å². The van der Waals surface area contributed by atoms with Crippen LogP contribution in [0.15, 0.2) is 65.9 Å². The maximum atomic E-state index is 6.20. The van der Waals surface area contributed by atoms with Gasteiger partial charge in [-0.25, -0.2) is 9.97 Å². The molecule has 1 fully saturated rings. The Hall–Kier alpha value is -3.45. The van der Waals surface area contributed by atoms with Crippen LogP contribution in [0.5, 0.6) is 11.5 Å². The molecule has 7 heteroatoms. The van der Waals surface area contributed by atoms with E-state index >= 15 is 0 Å². The second-order valence-electron chi connectivity index (χ2n) is 7.63. The van der Waals surface area contributed by atoms with Crippen LogP contribution < -0.4 is 16.2 Å². The van der Waals surface area contributed by atoms with E-state index < -0.39 is 0 Å². The molecule has 1 aromatic heterocycles. The van der Waals surface area contributed by atoms with Gasteiger partial charge in [-0.1, -0.05) is 25.1 Å². The van der Waals surface area contributed by atoms with Crippen LogP contribution in [0, 0.1) is 0 Å². The normalized spacial score (nSPS) is 17.5. The minimum Gasteiger partial charge on any atom is -0.457 e. The first-order chi connectivity index (χ1) is 15.1. The van der Waals surface area contributed by atoms with Crippen molar-refractivity contribution < 1.29 is 4.74 Å². The molecule has 160 valence electrons. The predicted octanol–water partition coefficient (Wildman–Crippen LogP) is 3.76. The van der Waals surface area contributed by atoms with Crippen LogP contribution in [0.25, 0.3) is 0 Å². The number of ether oxygens (including phenoxy) is 1. The molecular weight excluding hydrogens is 388 g/mol. The molecule has 3 aromatic rings. The van der Waals surface area contributed by atoms with E-state index in [1.165, 1.54) is 6.33 Å². The number of nitrogens with zero attached hydrogens (tertiary/aromatic N) is 4. The maximum Gasteiger partial charge on any atom is 0.138 e. The van der Waals surface area contributed by atoms with Crippen molar-refractivity contribution in [2.24, 2.45) is 4.99 Å². The number of piperidine rings is 1. The third-order valence-electron chi connectivity index (χ3n) is 5.49. The lowest BCUT2D eigenvalue weighted by atomic mass is 10.0. The number of nitrogens with two attached hydrogens (primary N) is 2. The molecule has 1 saturated heterocycles. The number of likely N-dealkylation sites (N-methyl/N-ethyl adjacent to an activating group) is 1. The number of aromatic nitrogens is 2. The summed E-state index contributed by atoms with van der Waals surface area (Å²) in [5, 5.41) is 0. The van der Waals surface area contributed by atoms with Crippen LogP contribution >= 0.6 is 0 Å². The number of aliphatic imine (C=N–C) groups is 1. The Morgan fingerprint density at radius 1 is 1.03 bits per heavy atom. The molecule has 7 nitrogen and oxygen atoms in total. The van der Waals surface area contributed by atoms with E-state index in [-0.39, 0.29) is 6.04 Å². The summed E-state index contributed by atoms with van der Waals surface area (Å²) in [5.74, 6) is 2.20. The van der Waals surface area contributed by atoms with Crippen molar-refractivity contribution >= 4 is 17.3 Å². The highest BCUT2D eigenvalue weighted by atomic mass is 16.5. The standard InChI is InChI=1S/C24H28N6O/c1-2-30-14-6-7-18(15-30)29-22(21-23(25)27-16-28-24(21)26)17-10-12-20(13-11-17)31-19-8-4-3-5-9-19/h3-5,8-13,16,18H,2,6-7,14-15H2,1H3,(H4,25,26,27,28)/b29-22-. The first-order valence-corrected chi connectivity index (χ1v) is 10.6. The highest BCUT2D eigenvalue weighted by Crippen LogP contribution is 2.26. The highest BCUT2D eigenvalue weighted by molar-refractivity contribution is 6.17. The van der Waals surface area contributed by atoms with Crippen molar-refractivity contribution in [1.29, 1.82) is 0 Å². The predicted molar refractivity (Wildman–Crippen MR) is 125 cm³/mol. The minimum absolute atomic E-state index is 0.169. The second-order valence-corrected chi connectivity index (χ2v) is 7.63.